The van der Waals surface area contributed by atoms with E-state index in [1.165, 1.54) is 36.0 Å². The Labute approximate surface area is 236 Å². The summed E-state index contributed by atoms with van der Waals surface area (Å²) in [5.74, 6) is -0.775. The third kappa shape index (κ3) is 7.88. The number of carbonyl (C=O) groups is 3. The summed E-state index contributed by atoms with van der Waals surface area (Å²) in [6, 6.07) is 11.5. The molecular formula is C27H32N6O6S. The molecule has 1 atom stereocenters. The van der Waals surface area contributed by atoms with Crippen molar-refractivity contribution in [3.8, 4) is 0 Å². The molecule has 1 heterocycles. The first-order valence-electron chi connectivity index (χ1n) is 12.7. The number of non-ortho nitro benzene ring substituents is 1. The van der Waals surface area contributed by atoms with E-state index in [0.717, 1.165) is 0 Å². The van der Waals surface area contributed by atoms with Crippen LogP contribution in [0.15, 0.2) is 53.7 Å². The molecule has 3 aromatic rings. The molecule has 0 spiro atoms. The van der Waals surface area contributed by atoms with Crippen molar-refractivity contribution >= 4 is 40.9 Å². The first-order valence-corrected chi connectivity index (χ1v) is 13.7. The monoisotopic (exact) mass is 568 g/mol. The Kier molecular flexibility index (Phi) is 10.4. The van der Waals surface area contributed by atoms with Crippen LogP contribution in [0.3, 0.4) is 0 Å². The van der Waals surface area contributed by atoms with Gasteiger partial charge in [0.2, 0.25) is 5.91 Å². The molecule has 0 saturated carbocycles. The molecule has 12 nitrogen and oxygen atoms in total. The lowest BCUT2D eigenvalue weighted by atomic mass is 10.0. The van der Waals surface area contributed by atoms with Gasteiger partial charge in [-0.25, -0.2) is 4.79 Å². The maximum absolute atomic E-state index is 12.9. The Bertz CT molecular complexity index is 1390. The molecule has 0 aliphatic heterocycles. The third-order valence-electron chi connectivity index (χ3n) is 5.67. The number of nitrogens with zero attached hydrogens (tertiary/aromatic N) is 4. The zero-order valence-electron chi connectivity index (χ0n) is 22.9. The van der Waals surface area contributed by atoms with Crippen molar-refractivity contribution in [2.24, 2.45) is 5.92 Å². The number of carbonyl (C=O) groups excluding carboxylic acids is 3. The normalized spacial score (nSPS) is 11.8. The van der Waals surface area contributed by atoms with E-state index in [0.29, 0.717) is 28.8 Å². The van der Waals surface area contributed by atoms with Crippen LogP contribution in [0.5, 0.6) is 0 Å². The Balaban J connectivity index is 1.69. The van der Waals surface area contributed by atoms with Gasteiger partial charge in [-0.1, -0.05) is 37.7 Å². The highest BCUT2D eigenvalue weighted by atomic mass is 32.2. The van der Waals surface area contributed by atoms with Gasteiger partial charge in [-0.3, -0.25) is 19.7 Å². The summed E-state index contributed by atoms with van der Waals surface area (Å²) in [6.07, 6.45) is -0.258. The van der Waals surface area contributed by atoms with E-state index in [1.807, 2.05) is 25.3 Å². The van der Waals surface area contributed by atoms with Gasteiger partial charge < -0.3 is 19.9 Å². The maximum Gasteiger partial charge on any atom is 0.338 e. The minimum Gasteiger partial charge on any atom is -0.459 e. The molecule has 13 heteroatoms. The predicted octanol–water partition coefficient (Wildman–Crippen LogP) is 4.63. The molecule has 0 fully saturated rings. The Morgan fingerprint density at radius 2 is 1.75 bits per heavy atom. The summed E-state index contributed by atoms with van der Waals surface area (Å²) < 4.78 is 7.02. The van der Waals surface area contributed by atoms with E-state index in [4.69, 9.17) is 4.74 Å². The summed E-state index contributed by atoms with van der Waals surface area (Å²) >= 11 is 1.19. The van der Waals surface area contributed by atoms with E-state index in [1.54, 1.807) is 38.1 Å². The average Bonchev–Trinajstić information content (AvgIpc) is 3.32. The quantitative estimate of drug-likeness (QED) is 0.137. The summed E-state index contributed by atoms with van der Waals surface area (Å²) in [7, 11) is 0. The number of ether oxygens (including phenoxy) is 1. The Hall–Kier alpha value is -4.26. The van der Waals surface area contributed by atoms with E-state index in [-0.39, 0.29) is 34.9 Å². The van der Waals surface area contributed by atoms with Crippen LogP contribution in [-0.4, -0.2) is 49.3 Å². The second-order valence-electron chi connectivity index (χ2n) is 9.46. The number of nitrogens with one attached hydrogen (secondary N) is 2. The van der Waals surface area contributed by atoms with E-state index >= 15 is 0 Å². The highest BCUT2D eigenvalue weighted by Gasteiger charge is 2.27. The highest BCUT2D eigenvalue weighted by molar-refractivity contribution is 7.99. The molecule has 212 valence electrons. The molecule has 0 radical (unpaired) electrons. The number of rotatable bonds is 12. The van der Waals surface area contributed by atoms with Crippen LogP contribution >= 0.6 is 11.8 Å². The molecule has 2 N–H and O–H groups in total. The number of hydrogen-bond acceptors (Lipinski definition) is 9. The fourth-order valence-corrected chi connectivity index (χ4v) is 4.59. The van der Waals surface area contributed by atoms with Crippen molar-refractivity contribution in [2.75, 3.05) is 11.1 Å². The molecule has 2 aromatic carbocycles. The number of thioether (sulfide) groups is 1. The number of anilines is 1. The van der Waals surface area contributed by atoms with Crippen molar-refractivity contribution in [2.45, 2.75) is 58.5 Å². The zero-order chi connectivity index (χ0) is 29.4. The van der Waals surface area contributed by atoms with Crippen LogP contribution in [-0.2, 0) is 16.1 Å². The maximum atomic E-state index is 12.9. The lowest BCUT2D eigenvalue weighted by Crippen LogP contribution is -2.33. The van der Waals surface area contributed by atoms with Crippen LogP contribution in [0.4, 0.5) is 11.4 Å². The SMILES string of the molecule is CCn1c(SCC(=O)Nc2cccc(C(=O)OC(C)C)c2)nnc1[C@H](NC(=O)c1cccc([N+](=O)[O-])c1)C(C)C. The van der Waals surface area contributed by atoms with E-state index < -0.39 is 22.8 Å². The number of nitro groups is 1. The number of hydrogen-bond donors (Lipinski definition) is 2. The first-order chi connectivity index (χ1) is 19.0. The molecule has 2 amide bonds. The molecule has 0 bridgehead atoms. The minimum absolute atomic E-state index is 0.0329. The first kappa shape index (κ1) is 30.3. The van der Waals surface area contributed by atoms with Crippen LogP contribution in [0.2, 0.25) is 0 Å². The predicted molar refractivity (Wildman–Crippen MR) is 150 cm³/mol. The fourth-order valence-electron chi connectivity index (χ4n) is 3.78. The number of amides is 2. The Morgan fingerprint density at radius 3 is 2.40 bits per heavy atom. The van der Waals surface area contributed by atoms with Gasteiger partial charge in [0.1, 0.15) is 0 Å². The van der Waals surface area contributed by atoms with Crippen molar-refractivity contribution in [3.05, 3.63) is 75.6 Å². The van der Waals surface area contributed by atoms with Crippen LogP contribution < -0.4 is 10.6 Å². The van der Waals surface area contributed by atoms with Crippen LogP contribution in [0.25, 0.3) is 0 Å². The van der Waals surface area contributed by atoms with Gasteiger partial charge in [-0.2, -0.15) is 0 Å². The van der Waals surface area contributed by atoms with Crippen LogP contribution in [0.1, 0.15) is 67.2 Å². The number of benzene rings is 2. The fraction of sp³-hybridized carbons (Fsp3) is 0.370. The summed E-state index contributed by atoms with van der Waals surface area (Å²) in [4.78, 5) is 48.3. The molecule has 0 unspecified atom stereocenters. The zero-order valence-corrected chi connectivity index (χ0v) is 23.7. The van der Waals surface area contributed by atoms with Crippen molar-refractivity contribution < 1.29 is 24.0 Å². The largest absolute Gasteiger partial charge is 0.459 e. The van der Waals surface area contributed by atoms with Gasteiger partial charge in [-0.15, -0.1) is 10.2 Å². The lowest BCUT2D eigenvalue weighted by molar-refractivity contribution is -0.384. The number of esters is 1. The van der Waals surface area contributed by atoms with Gasteiger partial charge >= 0.3 is 5.97 Å². The smallest absolute Gasteiger partial charge is 0.338 e. The van der Waals surface area contributed by atoms with Gasteiger partial charge in [0.15, 0.2) is 11.0 Å². The van der Waals surface area contributed by atoms with Crippen molar-refractivity contribution in [1.29, 1.82) is 0 Å². The van der Waals surface area contributed by atoms with Crippen LogP contribution in [0, 0.1) is 16.0 Å². The molecule has 0 saturated heterocycles. The summed E-state index contributed by atoms with van der Waals surface area (Å²) in [6.45, 7) is 9.74. The minimum atomic E-state index is -0.554. The summed E-state index contributed by atoms with van der Waals surface area (Å²) in [5.41, 5.74) is 0.784. The molecule has 0 aliphatic rings. The number of aromatic nitrogens is 3. The number of nitro benzene ring substituents is 1. The second-order valence-corrected chi connectivity index (χ2v) is 10.4. The Morgan fingerprint density at radius 1 is 1.05 bits per heavy atom. The van der Waals surface area contributed by atoms with E-state index in [2.05, 4.69) is 20.8 Å². The van der Waals surface area contributed by atoms with Crippen molar-refractivity contribution in [3.63, 3.8) is 0 Å². The standard InChI is InChI=1S/C27H32N6O6S/c1-6-32-24(23(16(2)3)29-25(35)18-9-8-12-21(14-18)33(37)38)30-31-27(32)40-15-22(34)28-20-11-7-10-19(13-20)26(36)39-17(4)5/h7-14,16-17,23H,6,15H2,1-5H3,(H,28,34)(H,29,35)/t23-/m1/s1. The molecular weight excluding hydrogens is 536 g/mol. The van der Waals surface area contributed by atoms with E-state index in [9.17, 15) is 24.5 Å². The third-order valence-corrected chi connectivity index (χ3v) is 6.64. The van der Waals surface area contributed by atoms with Gasteiger partial charge in [-0.05, 0) is 51.0 Å². The van der Waals surface area contributed by atoms with Crippen molar-refractivity contribution in [1.82, 2.24) is 20.1 Å². The molecule has 0 aliphatic carbocycles. The van der Waals surface area contributed by atoms with Gasteiger partial charge in [0.25, 0.3) is 11.6 Å². The molecule has 1 aromatic heterocycles. The second kappa shape index (κ2) is 13.7. The van der Waals surface area contributed by atoms with Gasteiger partial charge in [0.05, 0.1) is 28.4 Å². The highest BCUT2D eigenvalue weighted by Crippen LogP contribution is 2.26. The lowest BCUT2D eigenvalue weighted by Gasteiger charge is -2.22. The topological polar surface area (TPSA) is 158 Å². The van der Waals surface area contributed by atoms with Gasteiger partial charge in [0, 0.05) is 29.9 Å². The average molecular weight is 569 g/mol. The molecule has 40 heavy (non-hydrogen) atoms. The summed E-state index contributed by atoms with van der Waals surface area (Å²) in [5, 5.41) is 25.8. The molecule has 3 rings (SSSR count).